The third-order valence-corrected chi connectivity index (χ3v) is 4.93. The van der Waals surface area contributed by atoms with Crippen LogP contribution in [0.15, 0.2) is 0 Å². The van der Waals surface area contributed by atoms with Crippen LogP contribution in [-0.2, 0) is 10.2 Å². The zero-order chi connectivity index (χ0) is 10.7. The lowest BCUT2D eigenvalue weighted by Crippen LogP contribution is -2.52. The SMILES string of the molecule is O=S(=O)(N1CC[CH]CC1)N1CCNCC1. The third-order valence-electron chi connectivity index (χ3n) is 2.89. The van der Waals surface area contributed by atoms with Gasteiger partial charge in [0.25, 0.3) is 10.2 Å². The van der Waals surface area contributed by atoms with Gasteiger partial charge in [-0.3, -0.25) is 0 Å². The van der Waals surface area contributed by atoms with Crippen molar-refractivity contribution in [1.29, 1.82) is 0 Å². The molecule has 0 spiro atoms. The lowest BCUT2D eigenvalue weighted by molar-refractivity contribution is 0.302. The van der Waals surface area contributed by atoms with Gasteiger partial charge in [0.1, 0.15) is 0 Å². The van der Waals surface area contributed by atoms with Crippen LogP contribution in [-0.4, -0.2) is 56.3 Å². The van der Waals surface area contributed by atoms with Crippen LogP contribution in [0, 0.1) is 6.42 Å². The van der Waals surface area contributed by atoms with Crippen molar-refractivity contribution in [1.82, 2.24) is 13.9 Å². The van der Waals surface area contributed by atoms with Crippen LogP contribution >= 0.6 is 0 Å². The average Bonchev–Trinajstić information content (AvgIpc) is 2.31. The zero-order valence-electron chi connectivity index (χ0n) is 8.85. The second-order valence-corrected chi connectivity index (χ2v) is 5.85. The monoisotopic (exact) mass is 232 g/mol. The number of piperazine rings is 1. The topological polar surface area (TPSA) is 52.7 Å². The van der Waals surface area contributed by atoms with Gasteiger partial charge < -0.3 is 5.32 Å². The number of hydrogen-bond acceptors (Lipinski definition) is 3. The van der Waals surface area contributed by atoms with Gasteiger partial charge in [-0.2, -0.15) is 17.0 Å². The molecule has 2 rings (SSSR count). The van der Waals surface area contributed by atoms with Gasteiger partial charge in [-0.25, -0.2) is 0 Å². The highest BCUT2D eigenvalue weighted by molar-refractivity contribution is 7.86. The molecule has 2 aliphatic rings. The Morgan fingerprint density at radius 3 is 2.07 bits per heavy atom. The highest BCUT2D eigenvalue weighted by Gasteiger charge is 2.31. The molecule has 0 unspecified atom stereocenters. The molecule has 2 aliphatic heterocycles. The van der Waals surface area contributed by atoms with Gasteiger partial charge >= 0.3 is 0 Å². The fraction of sp³-hybridized carbons (Fsp3) is 0.889. The summed E-state index contributed by atoms with van der Waals surface area (Å²) in [5, 5.41) is 3.16. The Morgan fingerprint density at radius 2 is 1.47 bits per heavy atom. The van der Waals surface area contributed by atoms with E-state index in [1.807, 2.05) is 0 Å². The summed E-state index contributed by atoms with van der Waals surface area (Å²) in [5.41, 5.74) is 0. The summed E-state index contributed by atoms with van der Waals surface area (Å²) in [6.45, 7) is 4.02. The zero-order valence-corrected chi connectivity index (χ0v) is 9.67. The summed E-state index contributed by atoms with van der Waals surface area (Å²) in [6.07, 6.45) is 3.92. The molecule has 15 heavy (non-hydrogen) atoms. The van der Waals surface area contributed by atoms with E-state index in [0.717, 1.165) is 25.9 Å². The van der Waals surface area contributed by atoms with Crippen molar-refractivity contribution in [2.24, 2.45) is 0 Å². The first-order valence-corrected chi connectivity index (χ1v) is 6.88. The van der Waals surface area contributed by atoms with Crippen molar-refractivity contribution in [3.05, 3.63) is 6.42 Å². The second-order valence-electron chi connectivity index (χ2n) is 3.92. The maximum absolute atomic E-state index is 12.2. The molecule has 0 aliphatic carbocycles. The standard InChI is InChI=1S/C9H18N3O2S/c13-15(14,11-6-2-1-3-7-11)12-8-4-10-5-9-12/h1,10H,2-9H2. The fourth-order valence-corrected chi connectivity index (χ4v) is 3.64. The maximum atomic E-state index is 12.2. The smallest absolute Gasteiger partial charge is 0.282 e. The van der Waals surface area contributed by atoms with Gasteiger partial charge in [-0.1, -0.05) is 0 Å². The van der Waals surface area contributed by atoms with E-state index in [1.54, 1.807) is 8.61 Å². The van der Waals surface area contributed by atoms with Crippen LogP contribution in [0.3, 0.4) is 0 Å². The van der Waals surface area contributed by atoms with E-state index in [9.17, 15) is 8.42 Å². The van der Waals surface area contributed by atoms with Crippen molar-refractivity contribution in [2.45, 2.75) is 12.8 Å². The van der Waals surface area contributed by atoms with E-state index in [2.05, 4.69) is 11.7 Å². The number of nitrogens with zero attached hydrogens (tertiary/aromatic N) is 2. The molecule has 0 aromatic rings. The summed E-state index contributed by atoms with van der Waals surface area (Å²) in [6, 6.07) is 0. The van der Waals surface area contributed by atoms with E-state index in [-0.39, 0.29) is 0 Å². The molecule has 1 radical (unpaired) electrons. The predicted octanol–water partition coefficient (Wildman–Crippen LogP) is -0.564. The van der Waals surface area contributed by atoms with Crippen molar-refractivity contribution in [3.63, 3.8) is 0 Å². The van der Waals surface area contributed by atoms with Crippen LogP contribution in [0.4, 0.5) is 0 Å². The van der Waals surface area contributed by atoms with E-state index in [4.69, 9.17) is 0 Å². The van der Waals surface area contributed by atoms with Crippen molar-refractivity contribution >= 4 is 10.2 Å². The maximum Gasteiger partial charge on any atom is 0.282 e. The van der Waals surface area contributed by atoms with E-state index in [1.165, 1.54) is 0 Å². The molecule has 5 nitrogen and oxygen atoms in total. The number of hydrogen-bond donors (Lipinski definition) is 1. The predicted molar refractivity (Wildman–Crippen MR) is 58.5 cm³/mol. The van der Waals surface area contributed by atoms with Crippen LogP contribution in [0.1, 0.15) is 12.8 Å². The largest absolute Gasteiger partial charge is 0.314 e. The van der Waals surface area contributed by atoms with E-state index < -0.39 is 10.2 Å². The first-order valence-electron chi connectivity index (χ1n) is 5.49. The molecular formula is C9H18N3O2S. The number of rotatable bonds is 2. The Labute approximate surface area is 91.6 Å². The van der Waals surface area contributed by atoms with Gasteiger partial charge in [0.2, 0.25) is 0 Å². The molecule has 0 aromatic heterocycles. The Hall–Kier alpha value is -0.170. The average molecular weight is 232 g/mol. The minimum Gasteiger partial charge on any atom is -0.314 e. The molecule has 0 saturated carbocycles. The van der Waals surface area contributed by atoms with Crippen LogP contribution < -0.4 is 5.32 Å². The molecule has 0 atom stereocenters. The second kappa shape index (κ2) is 4.78. The summed E-state index contributed by atoms with van der Waals surface area (Å²) in [4.78, 5) is 0. The Kier molecular flexibility index (Phi) is 3.60. The number of piperidine rings is 1. The highest BCUT2D eigenvalue weighted by Crippen LogP contribution is 2.15. The quantitative estimate of drug-likeness (QED) is 0.694. The highest BCUT2D eigenvalue weighted by atomic mass is 32.2. The molecule has 2 heterocycles. The van der Waals surface area contributed by atoms with Crippen LogP contribution in [0.5, 0.6) is 0 Å². The van der Waals surface area contributed by atoms with E-state index in [0.29, 0.717) is 26.2 Å². The minimum absolute atomic E-state index is 0.600. The Morgan fingerprint density at radius 1 is 0.933 bits per heavy atom. The summed E-state index contributed by atoms with van der Waals surface area (Å²) >= 11 is 0. The first kappa shape index (κ1) is 11.3. The summed E-state index contributed by atoms with van der Waals surface area (Å²) < 4.78 is 27.5. The van der Waals surface area contributed by atoms with Crippen molar-refractivity contribution in [3.8, 4) is 0 Å². The van der Waals surface area contributed by atoms with Gasteiger partial charge in [0.05, 0.1) is 0 Å². The summed E-state index contributed by atoms with van der Waals surface area (Å²) in [5.74, 6) is 0. The van der Waals surface area contributed by atoms with Gasteiger partial charge in [-0.05, 0) is 19.3 Å². The Balaban J connectivity index is 2.03. The minimum atomic E-state index is -3.18. The molecule has 6 heteroatoms. The van der Waals surface area contributed by atoms with E-state index >= 15 is 0 Å². The summed E-state index contributed by atoms with van der Waals surface area (Å²) in [7, 11) is -3.18. The first-order chi connectivity index (χ1) is 7.21. The molecule has 2 saturated heterocycles. The van der Waals surface area contributed by atoms with Crippen molar-refractivity contribution < 1.29 is 8.42 Å². The molecule has 87 valence electrons. The van der Waals surface area contributed by atoms with Crippen molar-refractivity contribution in [2.75, 3.05) is 39.3 Å². The molecule has 2 fully saturated rings. The van der Waals surface area contributed by atoms with Gasteiger partial charge in [0, 0.05) is 39.3 Å². The number of nitrogens with one attached hydrogen (secondary N) is 1. The Bertz CT molecular complexity index is 268. The molecule has 0 amide bonds. The lowest BCUT2D eigenvalue weighted by Gasteiger charge is -2.34. The molecule has 0 aromatic carbocycles. The molecule has 0 bridgehead atoms. The normalized spacial score (nSPS) is 26.7. The molecule has 1 N–H and O–H groups in total. The van der Waals surface area contributed by atoms with Gasteiger partial charge in [0.15, 0.2) is 0 Å². The fourth-order valence-electron chi connectivity index (χ4n) is 2.00. The lowest BCUT2D eigenvalue weighted by atomic mass is 10.2. The van der Waals surface area contributed by atoms with Crippen LogP contribution in [0.25, 0.3) is 0 Å². The van der Waals surface area contributed by atoms with Gasteiger partial charge in [-0.15, -0.1) is 0 Å². The molecular weight excluding hydrogens is 214 g/mol. The third kappa shape index (κ3) is 2.50. The van der Waals surface area contributed by atoms with Crippen LogP contribution in [0.2, 0.25) is 0 Å².